The van der Waals surface area contributed by atoms with Gasteiger partial charge in [0.1, 0.15) is 0 Å². The Balaban J connectivity index is 1.97. The number of hydrogen-bond donors (Lipinski definition) is 2. The van der Waals surface area contributed by atoms with Gasteiger partial charge in [-0.1, -0.05) is 35.9 Å². The lowest BCUT2D eigenvalue weighted by molar-refractivity contribution is 0.0915. The van der Waals surface area contributed by atoms with Crippen LogP contribution in [0, 0.1) is 0 Å². The van der Waals surface area contributed by atoms with E-state index in [0.717, 1.165) is 4.47 Å². The van der Waals surface area contributed by atoms with E-state index in [2.05, 4.69) is 21.2 Å². The minimum Gasteiger partial charge on any atom is -0.387 e. The molecular formula is C15H13BrClNO2. The summed E-state index contributed by atoms with van der Waals surface area (Å²) in [5, 5.41) is 13.3. The molecule has 0 radical (unpaired) electrons. The summed E-state index contributed by atoms with van der Waals surface area (Å²) in [6.07, 6.45) is -0.765. The predicted molar refractivity (Wildman–Crippen MR) is 82.9 cm³/mol. The molecule has 2 N–H and O–H groups in total. The number of hydrogen-bond acceptors (Lipinski definition) is 2. The average Bonchev–Trinajstić information content (AvgIpc) is 2.45. The zero-order valence-corrected chi connectivity index (χ0v) is 12.9. The molecule has 20 heavy (non-hydrogen) atoms. The Labute approximate surface area is 130 Å². The fourth-order valence-corrected chi connectivity index (χ4v) is 2.32. The third-order valence-corrected chi connectivity index (χ3v) is 3.77. The molecule has 0 aromatic heterocycles. The van der Waals surface area contributed by atoms with Crippen molar-refractivity contribution in [3.8, 4) is 0 Å². The second-order valence-corrected chi connectivity index (χ2v) is 5.55. The molecule has 5 heteroatoms. The van der Waals surface area contributed by atoms with Gasteiger partial charge >= 0.3 is 0 Å². The Morgan fingerprint density at radius 2 is 1.85 bits per heavy atom. The standard InChI is InChI=1S/C15H13BrClNO2/c16-13-4-2-1-3-12(13)15(20)18-9-14(19)10-5-7-11(17)8-6-10/h1-8,14,19H,9H2,(H,18,20)/t14-/m0/s1. The number of halogens is 2. The summed E-state index contributed by atoms with van der Waals surface area (Å²) < 4.78 is 0.721. The van der Waals surface area contributed by atoms with E-state index < -0.39 is 6.10 Å². The van der Waals surface area contributed by atoms with Crippen molar-refractivity contribution >= 4 is 33.4 Å². The van der Waals surface area contributed by atoms with Gasteiger partial charge in [-0.15, -0.1) is 0 Å². The zero-order chi connectivity index (χ0) is 14.5. The molecular weight excluding hydrogens is 342 g/mol. The third-order valence-electron chi connectivity index (χ3n) is 2.83. The molecule has 0 unspecified atom stereocenters. The van der Waals surface area contributed by atoms with Crippen LogP contribution in [0.5, 0.6) is 0 Å². The molecule has 2 aromatic carbocycles. The molecule has 2 rings (SSSR count). The monoisotopic (exact) mass is 353 g/mol. The molecule has 0 saturated heterocycles. The minimum absolute atomic E-state index is 0.141. The van der Waals surface area contributed by atoms with Crippen LogP contribution in [0.15, 0.2) is 53.0 Å². The van der Waals surface area contributed by atoms with Crippen LogP contribution < -0.4 is 5.32 Å². The summed E-state index contributed by atoms with van der Waals surface area (Å²) in [6.45, 7) is 0.141. The SMILES string of the molecule is O=C(NC[C@H](O)c1ccc(Cl)cc1)c1ccccc1Br. The lowest BCUT2D eigenvalue weighted by Gasteiger charge is -2.13. The van der Waals surface area contributed by atoms with Crippen molar-refractivity contribution in [2.24, 2.45) is 0 Å². The first-order valence-electron chi connectivity index (χ1n) is 6.04. The first kappa shape index (κ1) is 15.0. The van der Waals surface area contributed by atoms with E-state index >= 15 is 0 Å². The van der Waals surface area contributed by atoms with Gasteiger partial charge in [-0.05, 0) is 45.8 Å². The topological polar surface area (TPSA) is 49.3 Å². The van der Waals surface area contributed by atoms with Gasteiger partial charge in [0, 0.05) is 16.0 Å². The van der Waals surface area contributed by atoms with E-state index in [1.807, 2.05) is 6.07 Å². The molecule has 0 aliphatic rings. The first-order valence-corrected chi connectivity index (χ1v) is 7.21. The number of amides is 1. The minimum atomic E-state index is -0.765. The number of aliphatic hydroxyl groups excluding tert-OH is 1. The maximum Gasteiger partial charge on any atom is 0.252 e. The summed E-state index contributed by atoms with van der Waals surface area (Å²) >= 11 is 9.10. The predicted octanol–water partition coefficient (Wildman–Crippen LogP) is 3.57. The van der Waals surface area contributed by atoms with E-state index in [1.54, 1.807) is 42.5 Å². The number of rotatable bonds is 4. The lowest BCUT2D eigenvalue weighted by Crippen LogP contribution is -2.28. The van der Waals surface area contributed by atoms with Crippen molar-refractivity contribution in [2.75, 3.05) is 6.54 Å². The van der Waals surface area contributed by atoms with E-state index in [9.17, 15) is 9.90 Å². The normalized spacial score (nSPS) is 11.9. The fourth-order valence-electron chi connectivity index (χ4n) is 1.73. The van der Waals surface area contributed by atoms with Gasteiger partial charge < -0.3 is 10.4 Å². The Morgan fingerprint density at radius 1 is 1.20 bits per heavy atom. The Hall–Kier alpha value is -1.36. The van der Waals surface area contributed by atoms with Crippen molar-refractivity contribution in [2.45, 2.75) is 6.10 Å². The highest BCUT2D eigenvalue weighted by molar-refractivity contribution is 9.10. The van der Waals surface area contributed by atoms with Crippen LogP contribution in [-0.4, -0.2) is 17.6 Å². The smallest absolute Gasteiger partial charge is 0.252 e. The molecule has 0 bridgehead atoms. The summed E-state index contributed by atoms with van der Waals surface area (Å²) in [7, 11) is 0. The molecule has 3 nitrogen and oxygen atoms in total. The van der Waals surface area contributed by atoms with Crippen LogP contribution in [0.4, 0.5) is 0 Å². The van der Waals surface area contributed by atoms with Gasteiger partial charge in [0.05, 0.1) is 11.7 Å². The Kier molecular flexibility index (Phi) is 5.17. The van der Waals surface area contributed by atoms with Crippen LogP contribution in [0.2, 0.25) is 5.02 Å². The molecule has 0 aliphatic carbocycles. The van der Waals surface area contributed by atoms with Crippen molar-refractivity contribution in [3.05, 3.63) is 69.2 Å². The van der Waals surface area contributed by atoms with Crippen LogP contribution in [0.25, 0.3) is 0 Å². The Bertz CT molecular complexity index is 601. The number of nitrogens with one attached hydrogen (secondary N) is 1. The molecule has 1 atom stereocenters. The van der Waals surface area contributed by atoms with Gasteiger partial charge in [0.15, 0.2) is 0 Å². The van der Waals surface area contributed by atoms with Crippen molar-refractivity contribution in [3.63, 3.8) is 0 Å². The number of benzene rings is 2. The molecule has 0 saturated carbocycles. The second-order valence-electron chi connectivity index (χ2n) is 4.26. The zero-order valence-electron chi connectivity index (χ0n) is 10.5. The van der Waals surface area contributed by atoms with Gasteiger partial charge in [-0.3, -0.25) is 4.79 Å². The van der Waals surface area contributed by atoms with Gasteiger partial charge in [-0.25, -0.2) is 0 Å². The second kappa shape index (κ2) is 6.88. The van der Waals surface area contributed by atoms with E-state index in [4.69, 9.17) is 11.6 Å². The Morgan fingerprint density at radius 3 is 2.50 bits per heavy atom. The molecule has 0 spiro atoms. The molecule has 104 valence electrons. The van der Waals surface area contributed by atoms with Crippen LogP contribution in [0.3, 0.4) is 0 Å². The lowest BCUT2D eigenvalue weighted by atomic mass is 10.1. The number of aliphatic hydroxyl groups is 1. The molecule has 0 heterocycles. The summed E-state index contributed by atoms with van der Waals surface area (Å²) in [4.78, 5) is 12.0. The maximum atomic E-state index is 12.0. The highest BCUT2D eigenvalue weighted by atomic mass is 79.9. The largest absolute Gasteiger partial charge is 0.387 e. The summed E-state index contributed by atoms with van der Waals surface area (Å²) in [5.74, 6) is -0.231. The van der Waals surface area contributed by atoms with Gasteiger partial charge in [-0.2, -0.15) is 0 Å². The summed E-state index contributed by atoms with van der Waals surface area (Å²) in [6, 6.07) is 14.0. The van der Waals surface area contributed by atoms with E-state index in [1.165, 1.54) is 0 Å². The number of carbonyl (C=O) groups is 1. The van der Waals surface area contributed by atoms with E-state index in [-0.39, 0.29) is 12.5 Å². The molecule has 1 amide bonds. The maximum absolute atomic E-state index is 12.0. The van der Waals surface area contributed by atoms with Crippen LogP contribution >= 0.6 is 27.5 Å². The third kappa shape index (κ3) is 3.82. The highest BCUT2D eigenvalue weighted by Crippen LogP contribution is 2.17. The first-order chi connectivity index (χ1) is 9.58. The van der Waals surface area contributed by atoms with Crippen molar-refractivity contribution in [1.29, 1.82) is 0 Å². The van der Waals surface area contributed by atoms with E-state index in [0.29, 0.717) is 16.1 Å². The molecule has 0 fully saturated rings. The van der Waals surface area contributed by atoms with Crippen LogP contribution in [0.1, 0.15) is 22.0 Å². The van der Waals surface area contributed by atoms with Crippen molar-refractivity contribution in [1.82, 2.24) is 5.32 Å². The quantitative estimate of drug-likeness (QED) is 0.882. The summed E-state index contributed by atoms with van der Waals surface area (Å²) in [5.41, 5.74) is 1.25. The average molecular weight is 355 g/mol. The fraction of sp³-hybridized carbons (Fsp3) is 0.133. The van der Waals surface area contributed by atoms with Gasteiger partial charge in [0.25, 0.3) is 5.91 Å². The molecule has 2 aromatic rings. The van der Waals surface area contributed by atoms with Gasteiger partial charge in [0.2, 0.25) is 0 Å². The number of carbonyl (C=O) groups excluding carboxylic acids is 1. The molecule has 0 aliphatic heterocycles. The van der Waals surface area contributed by atoms with Crippen LogP contribution in [-0.2, 0) is 0 Å². The van der Waals surface area contributed by atoms with Crippen molar-refractivity contribution < 1.29 is 9.90 Å². The highest BCUT2D eigenvalue weighted by Gasteiger charge is 2.12.